The fourth-order valence-electron chi connectivity index (χ4n) is 2.15. The normalized spacial score (nSPS) is 10.9. The quantitative estimate of drug-likeness (QED) is 0.754. The van der Waals surface area contributed by atoms with Crippen LogP contribution in [-0.4, -0.2) is 42.1 Å². The van der Waals surface area contributed by atoms with Crippen LogP contribution in [0.2, 0.25) is 5.02 Å². The zero-order valence-electron chi connectivity index (χ0n) is 14.2. The number of hydrogen-bond donors (Lipinski definition) is 2. The topological polar surface area (TPSA) is 53.1 Å². The summed E-state index contributed by atoms with van der Waals surface area (Å²) in [4.78, 5) is 11.0. The maximum absolute atomic E-state index is 6.16. The molecule has 0 aliphatic carbocycles. The Morgan fingerprint density at radius 3 is 2.52 bits per heavy atom. The number of nitrogens with zero attached hydrogens (tertiary/aromatic N) is 3. The third kappa shape index (κ3) is 5.69. The van der Waals surface area contributed by atoms with E-state index >= 15 is 0 Å². The van der Waals surface area contributed by atoms with E-state index < -0.39 is 0 Å². The molecule has 23 heavy (non-hydrogen) atoms. The summed E-state index contributed by atoms with van der Waals surface area (Å²) in [5.74, 6) is 2.31. The monoisotopic (exact) mass is 333 g/mol. The minimum Gasteiger partial charge on any atom is -0.370 e. The summed E-state index contributed by atoms with van der Waals surface area (Å²) in [6.45, 7) is 5.80. The van der Waals surface area contributed by atoms with E-state index in [1.165, 1.54) is 0 Å². The fraction of sp³-hybridized carbons (Fsp3) is 0.412. The molecule has 0 unspecified atom stereocenters. The van der Waals surface area contributed by atoms with Gasteiger partial charge in [0, 0.05) is 23.3 Å². The van der Waals surface area contributed by atoms with Crippen molar-refractivity contribution >= 4 is 28.9 Å². The van der Waals surface area contributed by atoms with Crippen LogP contribution in [0.1, 0.15) is 17.8 Å². The van der Waals surface area contributed by atoms with Crippen molar-refractivity contribution in [3.05, 3.63) is 40.7 Å². The van der Waals surface area contributed by atoms with E-state index in [-0.39, 0.29) is 0 Å². The van der Waals surface area contributed by atoms with Gasteiger partial charge >= 0.3 is 0 Å². The molecule has 0 fully saturated rings. The second-order valence-electron chi connectivity index (χ2n) is 5.86. The molecule has 0 amide bonds. The highest BCUT2D eigenvalue weighted by Gasteiger charge is 2.04. The lowest BCUT2D eigenvalue weighted by Crippen LogP contribution is -2.16. The van der Waals surface area contributed by atoms with E-state index in [0.717, 1.165) is 53.2 Å². The minimum atomic E-state index is 0.725. The van der Waals surface area contributed by atoms with Crippen molar-refractivity contribution < 1.29 is 0 Å². The highest BCUT2D eigenvalue weighted by Crippen LogP contribution is 2.23. The number of halogens is 1. The zero-order valence-corrected chi connectivity index (χ0v) is 14.9. The van der Waals surface area contributed by atoms with E-state index in [2.05, 4.69) is 39.6 Å². The second kappa shape index (κ2) is 8.13. The number of nitrogens with one attached hydrogen (secondary N) is 2. The summed E-state index contributed by atoms with van der Waals surface area (Å²) >= 11 is 6.16. The molecule has 0 aliphatic rings. The number of rotatable bonds is 7. The first-order valence-corrected chi connectivity index (χ1v) is 8.09. The van der Waals surface area contributed by atoms with E-state index in [9.17, 15) is 0 Å². The molecule has 0 saturated heterocycles. The van der Waals surface area contributed by atoms with Gasteiger partial charge in [-0.3, -0.25) is 0 Å². The maximum Gasteiger partial charge on any atom is 0.136 e. The van der Waals surface area contributed by atoms with Crippen LogP contribution in [0.5, 0.6) is 0 Å². The van der Waals surface area contributed by atoms with Gasteiger partial charge in [-0.25, -0.2) is 9.97 Å². The van der Waals surface area contributed by atoms with Gasteiger partial charge < -0.3 is 15.5 Å². The molecule has 0 radical (unpaired) electrons. The predicted molar refractivity (Wildman–Crippen MR) is 97.9 cm³/mol. The Labute approximate surface area is 143 Å². The van der Waals surface area contributed by atoms with Gasteiger partial charge in [-0.2, -0.15) is 0 Å². The molecule has 6 heteroatoms. The van der Waals surface area contributed by atoms with Gasteiger partial charge in [0.15, 0.2) is 0 Å². The van der Waals surface area contributed by atoms with Crippen molar-refractivity contribution in [2.75, 3.05) is 37.8 Å². The fourth-order valence-corrected chi connectivity index (χ4v) is 2.33. The Balaban J connectivity index is 2.03. The van der Waals surface area contributed by atoms with Crippen LogP contribution in [0, 0.1) is 13.8 Å². The number of aromatic nitrogens is 2. The lowest BCUT2D eigenvalue weighted by atomic mass is 10.2. The third-order valence-electron chi connectivity index (χ3n) is 3.37. The lowest BCUT2D eigenvalue weighted by molar-refractivity contribution is 0.405. The van der Waals surface area contributed by atoms with E-state index in [0.29, 0.717) is 0 Å². The first kappa shape index (κ1) is 17.5. The van der Waals surface area contributed by atoms with Crippen LogP contribution in [0.25, 0.3) is 0 Å². The molecule has 5 nitrogen and oxygen atoms in total. The molecule has 0 saturated carbocycles. The third-order valence-corrected chi connectivity index (χ3v) is 3.78. The highest BCUT2D eigenvalue weighted by atomic mass is 35.5. The van der Waals surface area contributed by atoms with Gasteiger partial charge in [0.25, 0.3) is 0 Å². The Bertz CT molecular complexity index is 657. The Hall–Kier alpha value is -1.85. The first-order valence-electron chi connectivity index (χ1n) is 7.71. The molecule has 124 valence electrons. The average Bonchev–Trinajstić information content (AvgIpc) is 2.47. The van der Waals surface area contributed by atoms with Crippen molar-refractivity contribution in [1.82, 2.24) is 14.9 Å². The zero-order chi connectivity index (χ0) is 16.8. The second-order valence-corrected chi connectivity index (χ2v) is 6.27. The molecule has 2 N–H and O–H groups in total. The van der Waals surface area contributed by atoms with Crippen LogP contribution in [0.3, 0.4) is 0 Å². The number of benzene rings is 1. The van der Waals surface area contributed by atoms with Crippen molar-refractivity contribution in [3.63, 3.8) is 0 Å². The Morgan fingerprint density at radius 1 is 1.09 bits per heavy atom. The van der Waals surface area contributed by atoms with Gasteiger partial charge in [0.05, 0.1) is 0 Å². The number of anilines is 3. The summed E-state index contributed by atoms with van der Waals surface area (Å²) in [5.41, 5.74) is 1.97. The molecule has 0 atom stereocenters. The molecular weight excluding hydrogens is 310 g/mol. The minimum absolute atomic E-state index is 0.725. The van der Waals surface area contributed by atoms with Crippen molar-refractivity contribution in [1.29, 1.82) is 0 Å². The summed E-state index contributed by atoms with van der Waals surface area (Å²) in [6, 6.07) is 7.79. The molecule has 2 aromatic rings. The Morgan fingerprint density at radius 2 is 1.83 bits per heavy atom. The maximum atomic E-state index is 6.16. The molecule has 1 aromatic carbocycles. The standard InChI is InChI=1S/C17H24ClN5/c1-12-6-7-14(10-15(12)18)22-17-11-16(20-13(2)21-17)19-8-5-9-23(3)4/h6-7,10-11H,5,8-9H2,1-4H3,(H2,19,20,21,22). The van der Waals surface area contributed by atoms with Gasteiger partial charge in [0.1, 0.15) is 17.5 Å². The highest BCUT2D eigenvalue weighted by molar-refractivity contribution is 6.31. The Kier molecular flexibility index (Phi) is 6.19. The van der Waals surface area contributed by atoms with Crippen molar-refractivity contribution in [2.24, 2.45) is 0 Å². The van der Waals surface area contributed by atoms with Gasteiger partial charge in [-0.1, -0.05) is 17.7 Å². The van der Waals surface area contributed by atoms with E-state index in [1.54, 1.807) is 0 Å². The number of hydrogen-bond acceptors (Lipinski definition) is 5. The van der Waals surface area contributed by atoms with Crippen molar-refractivity contribution in [3.8, 4) is 0 Å². The van der Waals surface area contributed by atoms with E-state index in [4.69, 9.17) is 11.6 Å². The summed E-state index contributed by atoms with van der Waals surface area (Å²) in [7, 11) is 4.15. The average molecular weight is 334 g/mol. The van der Waals surface area contributed by atoms with Gasteiger partial charge in [-0.05, 0) is 58.6 Å². The lowest BCUT2D eigenvalue weighted by Gasteiger charge is -2.12. The number of aryl methyl sites for hydroxylation is 2. The SMILES string of the molecule is Cc1nc(NCCCN(C)C)cc(Nc2ccc(C)c(Cl)c2)n1. The summed E-state index contributed by atoms with van der Waals surface area (Å²) in [5, 5.41) is 7.36. The van der Waals surface area contributed by atoms with E-state index in [1.807, 2.05) is 38.1 Å². The summed E-state index contributed by atoms with van der Waals surface area (Å²) in [6.07, 6.45) is 1.06. The van der Waals surface area contributed by atoms with Crippen LogP contribution in [0.4, 0.5) is 17.3 Å². The molecule has 2 rings (SSSR count). The van der Waals surface area contributed by atoms with Crippen LogP contribution in [-0.2, 0) is 0 Å². The summed E-state index contributed by atoms with van der Waals surface area (Å²) < 4.78 is 0. The molecule has 0 aliphatic heterocycles. The van der Waals surface area contributed by atoms with Crippen molar-refractivity contribution in [2.45, 2.75) is 20.3 Å². The smallest absolute Gasteiger partial charge is 0.136 e. The van der Waals surface area contributed by atoms with Crippen LogP contribution < -0.4 is 10.6 Å². The van der Waals surface area contributed by atoms with Crippen LogP contribution >= 0.6 is 11.6 Å². The van der Waals surface area contributed by atoms with Crippen LogP contribution in [0.15, 0.2) is 24.3 Å². The molecule has 0 spiro atoms. The largest absolute Gasteiger partial charge is 0.370 e. The first-order chi connectivity index (χ1) is 10.9. The predicted octanol–water partition coefficient (Wildman–Crippen LogP) is 3.85. The molecule has 0 bridgehead atoms. The molecule has 1 heterocycles. The molecule has 1 aromatic heterocycles. The molecular formula is C17H24ClN5. The van der Waals surface area contributed by atoms with Gasteiger partial charge in [0.2, 0.25) is 0 Å². The van der Waals surface area contributed by atoms with Gasteiger partial charge in [-0.15, -0.1) is 0 Å².